The first kappa shape index (κ1) is 15.2. The molecule has 0 aliphatic rings. The van der Waals surface area contributed by atoms with Gasteiger partial charge in [-0.15, -0.1) is 0 Å². The molecular weight excluding hydrogens is 294 g/mol. The molecule has 0 aliphatic carbocycles. The van der Waals surface area contributed by atoms with Gasteiger partial charge in [-0.2, -0.15) is 18.2 Å². The number of benzene rings is 1. The van der Waals surface area contributed by atoms with Crippen molar-refractivity contribution in [3.05, 3.63) is 29.6 Å². The third-order valence-electron chi connectivity index (χ3n) is 2.54. The van der Waals surface area contributed by atoms with Gasteiger partial charge in [0, 0.05) is 19.2 Å². The van der Waals surface area contributed by atoms with Crippen LogP contribution in [0.1, 0.15) is 5.56 Å². The number of aromatic nitrogens is 2. The molecule has 1 aromatic carbocycles. The van der Waals surface area contributed by atoms with Crippen molar-refractivity contribution < 1.29 is 26.8 Å². The number of methoxy groups -OCH3 is 1. The molecule has 114 valence electrons. The molecule has 0 fully saturated rings. The summed E-state index contributed by atoms with van der Waals surface area (Å²) in [4.78, 5) is 3.79. The smallest absolute Gasteiger partial charge is 0.383 e. The summed E-state index contributed by atoms with van der Waals surface area (Å²) in [6.45, 7) is 0.718. The highest BCUT2D eigenvalue weighted by Gasteiger charge is 2.35. The lowest BCUT2D eigenvalue weighted by Gasteiger charge is -2.10. The van der Waals surface area contributed by atoms with Crippen LogP contribution in [0.3, 0.4) is 0 Å². The first-order valence-corrected chi connectivity index (χ1v) is 5.85. The van der Waals surface area contributed by atoms with Gasteiger partial charge < -0.3 is 14.6 Å². The van der Waals surface area contributed by atoms with Crippen molar-refractivity contribution in [2.45, 2.75) is 6.18 Å². The molecule has 0 spiro atoms. The lowest BCUT2D eigenvalue weighted by Crippen LogP contribution is -2.09. The molecule has 0 aliphatic heterocycles. The molecule has 5 nitrogen and oxygen atoms in total. The van der Waals surface area contributed by atoms with Crippen LogP contribution in [-0.2, 0) is 10.9 Å². The van der Waals surface area contributed by atoms with E-state index in [1.54, 1.807) is 0 Å². The van der Waals surface area contributed by atoms with Crippen LogP contribution in [0.4, 0.5) is 23.6 Å². The molecule has 0 unspecified atom stereocenters. The van der Waals surface area contributed by atoms with Crippen LogP contribution in [0, 0.1) is 5.82 Å². The van der Waals surface area contributed by atoms with Gasteiger partial charge in [0.1, 0.15) is 5.82 Å². The molecule has 2 rings (SSSR count). The minimum atomic E-state index is -4.72. The third kappa shape index (κ3) is 3.69. The van der Waals surface area contributed by atoms with E-state index >= 15 is 0 Å². The van der Waals surface area contributed by atoms with E-state index in [0.29, 0.717) is 19.2 Å². The van der Waals surface area contributed by atoms with Crippen molar-refractivity contribution in [3.63, 3.8) is 0 Å². The zero-order chi connectivity index (χ0) is 15.5. The Bertz CT molecular complexity index is 613. The van der Waals surface area contributed by atoms with Gasteiger partial charge >= 0.3 is 12.2 Å². The summed E-state index contributed by atoms with van der Waals surface area (Å²) in [6.07, 6.45) is -4.72. The highest BCUT2D eigenvalue weighted by Crippen LogP contribution is 2.36. The molecule has 0 atom stereocenters. The molecule has 0 saturated heterocycles. The third-order valence-corrected chi connectivity index (χ3v) is 2.54. The lowest BCUT2D eigenvalue weighted by molar-refractivity contribution is -0.137. The van der Waals surface area contributed by atoms with E-state index < -0.39 is 17.6 Å². The van der Waals surface area contributed by atoms with E-state index in [1.165, 1.54) is 7.11 Å². The summed E-state index contributed by atoms with van der Waals surface area (Å²) in [6, 6.07) is 2.21. The fourth-order valence-electron chi connectivity index (χ4n) is 1.61. The summed E-state index contributed by atoms with van der Waals surface area (Å²) < 4.78 is 61.2. The first-order valence-electron chi connectivity index (χ1n) is 5.85. The normalized spacial score (nSPS) is 11.7. The molecular formula is C12H11F4N3O2. The highest BCUT2D eigenvalue weighted by molar-refractivity contribution is 5.61. The number of nitrogens with one attached hydrogen (secondary N) is 1. The number of alkyl halides is 3. The number of ether oxygens (including phenoxy) is 1. The van der Waals surface area contributed by atoms with Crippen molar-refractivity contribution in [1.29, 1.82) is 0 Å². The fourth-order valence-corrected chi connectivity index (χ4v) is 1.61. The predicted octanol–water partition coefficient (Wildman–Crippen LogP) is 2.95. The van der Waals surface area contributed by atoms with Crippen LogP contribution >= 0.6 is 0 Å². The minimum Gasteiger partial charge on any atom is -0.383 e. The fraction of sp³-hybridized carbons (Fsp3) is 0.333. The second-order valence-corrected chi connectivity index (χ2v) is 4.03. The van der Waals surface area contributed by atoms with E-state index in [-0.39, 0.29) is 17.4 Å². The van der Waals surface area contributed by atoms with Crippen molar-refractivity contribution in [3.8, 4) is 11.4 Å². The zero-order valence-electron chi connectivity index (χ0n) is 10.9. The topological polar surface area (TPSA) is 60.2 Å². The average Bonchev–Trinajstić information content (AvgIpc) is 2.87. The van der Waals surface area contributed by atoms with Gasteiger partial charge in [-0.25, -0.2) is 4.39 Å². The predicted molar refractivity (Wildman–Crippen MR) is 65.1 cm³/mol. The summed E-state index contributed by atoms with van der Waals surface area (Å²) >= 11 is 0. The summed E-state index contributed by atoms with van der Waals surface area (Å²) in [5.41, 5.74) is -1.51. The Hall–Kier alpha value is -2.16. The maximum atomic E-state index is 13.0. The molecule has 1 heterocycles. The second kappa shape index (κ2) is 6.08. The SMILES string of the molecule is COCCNc1nc(-c2ccc(F)cc2C(F)(F)F)no1. The number of rotatable bonds is 5. The number of anilines is 1. The van der Waals surface area contributed by atoms with Gasteiger partial charge in [0.15, 0.2) is 0 Å². The number of nitrogens with zero attached hydrogens (tertiary/aromatic N) is 2. The Morgan fingerprint density at radius 1 is 1.33 bits per heavy atom. The largest absolute Gasteiger partial charge is 0.417 e. The van der Waals surface area contributed by atoms with E-state index in [9.17, 15) is 17.6 Å². The molecule has 1 N–H and O–H groups in total. The molecule has 1 aromatic heterocycles. The molecule has 0 saturated carbocycles. The molecule has 21 heavy (non-hydrogen) atoms. The Morgan fingerprint density at radius 2 is 2.10 bits per heavy atom. The summed E-state index contributed by atoms with van der Waals surface area (Å²) in [7, 11) is 1.50. The molecule has 0 amide bonds. The van der Waals surface area contributed by atoms with Crippen molar-refractivity contribution in [1.82, 2.24) is 10.1 Å². The van der Waals surface area contributed by atoms with Crippen LogP contribution in [0.15, 0.2) is 22.7 Å². The van der Waals surface area contributed by atoms with Gasteiger partial charge in [-0.05, 0) is 18.2 Å². The lowest BCUT2D eigenvalue weighted by atomic mass is 10.1. The molecule has 9 heteroatoms. The van der Waals surface area contributed by atoms with Gasteiger partial charge in [0.25, 0.3) is 0 Å². The molecule has 2 aromatic rings. The quantitative estimate of drug-likeness (QED) is 0.680. The Kier molecular flexibility index (Phi) is 4.41. The summed E-state index contributed by atoms with van der Waals surface area (Å²) in [5.74, 6) is -1.27. The molecule has 0 radical (unpaired) electrons. The van der Waals surface area contributed by atoms with Crippen LogP contribution in [0.2, 0.25) is 0 Å². The van der Waals surface area contributed by atoms with E-state index in [4.69, 9.17) is 9.26 Å². The van der Waals surface area contributed by atoms with E-state index in [0.717, 1.165) is 12.1 Å². The van der Waals surface area contributed by atoms with Crippen LogP contribution < -0.4 is 5.32 Å². The van der Waals surface area contributed by atoms with Gasteiger partial charge in [-0.1, -0.05) is 5.16 Å². The van der Waals surface area contributed by atoms with Crippen LogP contribution in [0.5, 0.6) is 0 Å². The number of hydrogen-bond donors (Lipinski definition) is 1. The second-order valence-electron chi connectivity index (χ2n) is 4.03. The maximum absolute atomic E-state index is 13.0. The van der Waals surface area contributed by atoms with E-state index in [1.807, 2.05) is 0 Å². The molecule has 0 bridgehead atoms. The highest BCUT2D eigenvalue weighted by atomic mass is 19.4. The van der Waals surface area contributed by atoms with Crippen molar-refractivity contribution >= 4 is 6.01 Å². The minimum absolute atomic E-state index is 0.0421. The average molecular weight is 305 g/mol. The summed E-state index contributed by atoms with van der Waals surface area (Å²) in [5, 5.41) is 6.14. The van der Waals surface area contributed by atoms with Crippen molar-refractivity contribution in [2.24, 2.45) is 0 Å². The number of halogens is 4. The van der Waals surface area contributed by atoms with Crippen molar-refractivity contribution in [2.75, 3.05) is 25.6 Å². The van der Waals surface area contributed by atoms with Gasteiger partial charge in [0.05, 0.1) is 12.2 Å². The monoisotopic (exact) mass is 305 g/mol. The van der Waals surface area contributed by atoms with Crippen LogP contribution in [0.25, 0.3) is 11.4 Å². The first-order chi connectivity index (χ1) is 9.91. The zero-order valence-corrected chi connectivity index (χ0v) is 10.9. The Morgan fingerprint density at radius 3 is 2.76 bits per heavy atom. The van der Waals surface area contributed by atoms with E-state index in [2.05, 4.69) is 15.5 Å². The standard InChI is InChI=1S/C12H11F4N3O2/c1-20-5-4-17-11-18-10(19-21-11)8-3-2-7(13)6-9(8)12(14,15)16/h2-3,6H,4-5H2,1H3,(H,17,18,19). The Labute approximate surface area is 116 Å². The Balaban J connectivity index is 2.30. The van der Waals surface area contributed by atoms with Gasteiger partial charge in [0.2, 0.25) is 5.82 Å². The van der Waals surface area contributed by atoms with Crippen LogP contribution in [-0.4, -0.2) is 30.4 Å². The number of hydrogen-bond acceptors (Lipinski definition) is 5. The van der Waals surface area contributed by atoms with Gasteiger partial charge in [-0.3, -0.25) is 0 Å². The maximum Gasteiger partial charge on any atom is 0.417 e.